The van der Waals surface area contributed by atoms with Crippen molar-refractivity contribution < 1.29 is 4.79 Å². The van der Waals surface area contributed by atoms with Gasteiger partial charge in [0, 0.05) is 12.5 Å². The number of benzene rings is 1. The predicted octanol–water partition coefficient (Wildman–Crippen LogP) is 2.41. The molecule has 0 fully saturated rings. The van der Waals surface area contributed by atoms with Gasteiger partial charge in [-0.3, -0.25) is 4.79 Å². The van der Waals surface area contributed by atoms with E-state index in [-0.39, 0.29) is 18.4 Å². The number of aromatic nitrogens is 2. The average molecular weight is 285 g/mol. The first-order valence-corrected chi connectivity index (χ1v) is 6.68. The van der Waals surface area contributed by atoms with Crippen LogP contribution in [0.15, 0.2) is 12.1 Å². The van der Waals surface area contributed by atoms with Gasteiger partial charge >= 0.3 is 0 Å². The molecule has 0 spiro atoms. The van der Waals surface area contributed by atoms with Crippen molar-refractivity contribution in [2.45, 2.75) is 25.8 Å². The summed E-state index contributed by atoms with van der Waals surface area (Å²) in [6.07, 6.45) is 1.02. The normalized spacial score (nSPS) is 12.6. The molecule has 2 rings (SSSR count). The molecular formula is C11H13ClN4OS. The summed E-state index contributed by atoms with van der Waals surface area (Å²) in [4.78, 5) is 11.8. The molecule has 0 aliphatic rings. The molecule has 1 atom stereocenters. The monoisotopic (exact) mass is 284 g/mol. The third-order valence-electron chi connectivity index (χ3n) is 2.61. The number of nitrogens with two attached hydrogens (primary N) is 1. The number of anilines is 1. The number of hydrogen-bond donors (Lipinski definition) is 2. The van der Waals surface area contributed by atoms with E-state index < -0.39 is 0 Å². The van der Waals surface area contributed by atoms with Crippen LogP contribution in [-0.2, 0) is 4.79 Å². The number of carbonyl (C=O) groups is 1. The van der Waals surface area contributed by atoms with Gasteiger partial charge in [-0.25, -0.2) is 0 Å². The lowest BCUT2D eigenvalue weighted by Gasteiger charge is -2.10. The van der Waals surface area contributed by atoms with Crippen LogP contribution in [0.1, 0.15) is 19.8 Å². The molecule has 5 nitrogen and oxygen atoms in total. The highest BCUT2D eigenvalue weighted by Crippen LogP contribution is 2.29. The average Bonchev–Trinajstić information content (AvgIpc) is 2.81. The molecule has 2 aromatic rings. The number of fused-ring (bicyclic) bond motifs is 1. The van der Waals surface area contributed by atoms with E-state index in [2.05, 4.69) is 14.1 Å². The molecule has 0 aliphatic heterocycles. The van der Waals surface area contributed by atoms with Crippen molar-refractivity contribution >= 4 is 46.0 Å². The standard InChI is InChI=1S/C11H13ClN4OS/c1-2-6(13)5-9(17)14-10-7(12)3-4-8-11(10)16-18-15-8/h3-4,6H,2,5,13H2,1H3,(H,14,17). The minimum absolute atomic E-state index is 0.142. The summed E-state index contributed by atoms with van der Waals surface area (Å²) in [6, 6.07) is 3.33. The Balaban J connectivity index is 2.23. The number of nitrogens with zero attached hydrogens (tertiary/aromatic N) is 2. The number of rotatable bonds is 4. The van der Waals surface area contributed by atoms with Crippen molar-refractivity contribution in [2.24, 2.45) is 5.73 Å². The second kappa shape index (κ2) is 5.60. The van der Waals surface area contributed by atoms with Gasteiger partial charge in [0.2, 0.25) is 5.91 Å². The Kier molecular flexibility index (Phi) is 4.11. The predicted molar refractivity (Wildman–Crippen MR) is 73.9 cm³/mol. The second-order valence-corrected chi connectivity index (χ2v) is 4.91. The largest absolute Gasteiger partial charge is 0.327 e. The Labute approximate surface area is 114 Å². The van der Waals surface area contributed by atoms with Crippen molar-refractivity contribution in [3.05, 3.63) is 17.2 Å². The molecule has 0 radical (unpaired) electrons. The summed E-state index contributed by atoms with van der Waals surface area (Å²) >= 11 is 7.15. The zero-order chi connectivity index (χ0) is 13.1. The summed E-state index contributed by atoms with van der Waals surface area (Å²) in [5, 5.41) is 3.21. The zero-order valence-corrected chi connectivity index (χ0v) is 11.4. The zero-order valence-electron chi connectivity index (χ0n) is 9.81. The van der Waals surface area contributed by atoms with E-state index in [1.54, 1.807) is 12.1 Å². The summed E-state index contributed by atoms with van der Waals surface area (Å²) in [6.45, 7) is 1.94. The Morgan fingerprint density at radius 2 is 2.33 bits per heavy atom. The van der Waals surface area contributed by atoms with Gasteiger partial charge < -0.3 is 11.1 Å². The van der Waals surface area contributed by atoms with Crippen molar-refractivity contribution in [3.8, 4) is 0 Å². The number of carbonyl (C=O) groups excluding carboxylic acids is 1. The smallest absolute Gasteiger partial charge is 0.226 e. The van der Waals surface area contributed by atoms with Gasteiger partial charge in [-0.1, -0.05) is 18.5 Å². The molecule has 1 heterocycles. The van der Waals surface area contributed by atoms with Gasteiger partial charge in [0.05, 0.1) is 22.4 Å². The molecule has 1 aromatic heterocycles. The lowest BCUT2D eigenvalue weighted by molar-refractivity contribution is -0.116. The van der Waals surface area contributed by atoms with Crippen molar-refractivity contribution in [1.82, 2.24) is 8.75 Å². The van der Waals surface area contributed by atoms with Crippen LogP contribution in [0, 0.1) is 0 Å². The lowest BCUT2D eigenvalue weighted by Crippen LogP contribution is -2.26. The van der Waals surface area contributed by atoms with Crippen LogP contribution in [-0.4, -0.2) is 20.7 Å². The molecule has 3 N–H and O–H groups in total. The Hall–Kier alpha value is -1.24. The van der Waals surface area contributed by atoms with E-state index in [0.717, 1.165) is 23.7 Å². The van der Waals surface area contributed by atoms with E-state index in [0.29, 0.717) is 16.2 Å². The van der Waals surface area contributed by atoms with E-state index >= 15 is 0 Å². The van der Waals surface area contributed by atoms with Gasteiger partial charge in [-0.05, 0) is 18.6 Å². The number of halogens is 1. The van der Waals surface area contributed by atoms with E-state index in [4.69, 9.17) is 17.3 Å². The van der Waals surface area contributed by atoms with Gasteiger partial charge in [0.1, 0.15) is 11.0 Å². The molecule has 18 heavy (non-hydrogen) atoms. The third-order valence-corrected chi connectivity index (χ3v) is 3.47. The first-order valence-electron chi connectivity index (χ1n) is 5.58. The van der Waals surface area contributed by atoms with E-state index in [9.17, 15) is 4.79 Å². The fourth-order valence-electron chi connectivity index (χ4n) is 1.52. The summed E-state index contributed by atoms with van der Waals surface area (Å²) in [5.74, 6) is -0.160. The Morgan fingerprint density at radius 1 is 1.56 bits per heavy atom. The Morgan fingerprint density at radius 3 is 3.06 bits per heavy atom. The molecular weight excluding hydrogens is 272 g/mol. The van der Waals surface area contributed by atoms with Crippen molar-refractivity contribution in [1.29, 1.82) is 0 Å². The molecule has 1 aromatic carbocycles. The van der Waals surface area contributed by atoms with Crippen LogP contribution in [0.4, 0.5) is 5.69 Å². The van der Waals surface area contributed by atoms with Crippen LogP contribution in [0.2, 0.25) is 5.02 Å². The number of hydrogen-bond acceptors (Lipinski definition) is 5. The first kappa shape index (κ1) is 13.2. The molecule has 7 heteroatoms. The van der Waals surface area contributed by atoms with Crippen molar-refractivity contribution in [2.75, 3.05) is 5.32 Å². The van der Waals surface area contributed by atoms with E-state index in [1.807, 2.05) is 6.92 Å². The Bertz CT molecular complexity index is 571. The highest BCUT2D eigenvalue weighted by molar-refractivity contribution is 7.00. The molecule has 0 bridgehead atoms. The van der Waals surface area contributed by atoms with Crippen LogP contribution in [0.5, 0.6) is 0 Å². The maximum Gasteiger partial charge on any atom is 0.226 e. The van der Waals surface area contributed by atoms with Crippen LogP contribution in [0.3, 0.4) is 0 Å². The lowest BCUT2D eigenvalue weighted by atomic mass is 10.1. The van der Waals surface area contributed by atoms with Crippen LogP contribution < -0.4 is 11.1 Å². The molecule has 96 valence electrons. The van der Waals surface area contributed by atoms with Gasteiger partial charge in [-0.15, -0.1) is 0 Å². The molecule has 1 unspecified atom stereocenters. The SMILES string of the molecule is CCC(N)CC(=O)Nc1c(Cl)ccc2nsnc12. The fourth-order valence-corrected chi connectivity index (χ4v) is 2.26. The molecule has 1 amide bonds. The second-order valence-electron chi connectivity index (χ2n) is 3.97. The molecule has 0 aliphatic carbocycles. The van der Waals surface area contributed by atoms with Crippen LogP contribution in [0.25, 0.3) is 11.0 Å². The number of nitrogens with one attached hydrogen (secondary N) is 1. The summed E-state index contributed by atoms with van der Waals surface area (Å²) in [7, 11) is 0. The fraction of sp³-hybridized carbons (Fsp3) is 0.364. The minimum atomic E-state index is -0.160. The third kappa shape index (κ3) is 2.77. The highest BCUT2D eigenvalue weighted by Gasteiger charge is 2.14. The minimum Gasteiger partial charge on any atom is -0.327 e. The summed E-state index contributed by atoms with van der Waals surface area (Å²) < 4.78 is 8.23. The maximum absolute atomic E-state index is 11.8. The van der Waals surface area contributed by atoms with Crippen molar-refractivity contribution in [3.63, 3.8) is 0 Å². The van der Waals surface area contributed by atoms with Gasteiger partial charge in [0.15, 0.2) is 0 Å². The quantitative estimate of drug-likeness (QED) is 0.903. The van der Waals surface area contributed by atoms with Gasteiger partial charge in [0.25, 0.3) is 0 Å². The first-order chi connectivity index (χ1) is 8.61. The maximum atomic E-state index is 11.8. The molecule has 0 saturated heterocycles. The summed E-state index contributed by atoms with van der Waals surface area (Å²) in [5.41, 5.74) is 7.59. The highest BCUT2D eigenvalue weighted by atomic mass is 35.5. The van der Waals surface area contributed by atoms with Crippen LogP contribution >= 0.6 is 23.3 Å². The molecule has 0 saturated carbocycles. The topological polar surface area (TPSA) is 80.9 Å². The van der Waals surface area contributed by atoms with Gasteiger partial charge in [-0.2, -0.15) is 8.75 Å². The van der Waals surface area contributed by atoms with E-state index in [1.165, 1.54) is 0 Å². The number of amides is 1.